The van der Waals surface area contributed by atoms with Crippen molar-refractivity contribution in [3.05, 3.63) is 35.7 Å². The van der Waals surface area contributed by atoms with E-state index in [-0.39, 0.29) is 17.4 Å². The molecule has 2 aliphatic rings. The van der Waals surface area contributed by atoms with Crippen LogP contribution in [0.4, 0.5) is 0 Å². The fraction of sp³-hybridized carbons (Fsp3) is 0.400. The summed E-state index contributed by atoms with van der Waals surface area (Å²) >= 11 is 0. The van der Waals surface area contributed by atoms with E-state index in [0.29, 0.717) is 13.1 Å². The Morgan fingerprint density at radius 1 is 1.30 bits per heavy atom. The predicted octanol–water partition coefficient (Wildman–Crippen LogP) is 1.81. The molecule has 104 valence electrons. The van der Waals surface area contributed by atoms with Gasteiger partial charge in [-0.05, 0) is 36.5 Å². The van der Waals surface area contributed by atoms with Crippen molar-refractivity contribution in [2.75, 3.05) is 13.1 Å². The molecule has 1 aromatic rings. The maximum atomic E-state index is 12.0. The van der Waals surface area contributed by atoms with Gasteiger partial charge >= 0.3 is 5.97 Å². The minimum absolute atomic E-state index is 0.194. The standard InChI is InChI=1S/C15H16N2O3/c18-14(11-1-2-11)17-5-3-10(4-6-17)12-7-13(15(19)20)9-16-8-12/h3,7-9,11H,1-2,4-6H2,(H,19,20). The van der Waals surface area contributed by atoms with Gasteiger partial charge in [-0.3, -0.25) is 9.78 Å². The lowest BCUT2D eigenvalue weighted by molar-refractivity contribution is -0.132. The molecule has 5 nitrogen and oxygen atoms in total. The number of carboxylic acid groups (broad SMARTS) is 1. The Hall–Kier alpha value is -2.17. The lowest BCUT2D eigenvalue weighted by Crippen LogP contribution is -2.35. The van der Waals surface area contributed by atoms with Crippen molar-refractivity contribution in [3.63, 3.8) is 0 Å². The minimum Gasteiger partial charge on any atom is -0.478 e. The van der Waals surface area contributed by atoms with Crippen LogP contribution in [0.1, 0.15) is 35.2 Å². The molecule has 1 amide bonds. The van der Waals surface area contributed by atoms with Crippen molar-refractivity contribution in [2.45, 2.75) is 19.3 Å². The second-order valence-corrected chi connectivity index (χ2v) is 5.31. The monoisotopic (exact) mass is 272 g/mol. The van der Waals surface area contributed by atoms with E-state index < -0.39 is 5.97 Å². The normalized spacial score (nSPS) is 18.6. The predicted molar refractivity (Wildman–Crippen MR) is 73.1 cm³/mol. The second-order valence-electron chi connectivity index (χ2n) is 5.31. The van der Waals surface area contributed by atoms with Crippen LogP contribution in [-0.4, -0.2) is 40.0 Å². The molecule has 0 aromatic carbocycles. The first-order chi connectivity index (χ1) is 9.65. The lowest BCUT2D eigenvalue weighted by atomic mass is 9.99. The lowest BCUT2D eigenvalue weighted by Gasteiger charge is -2.26. The summed E-state index contributed by atoms with van der Waals surface area (Å²) < 4.78 is 0. The van der Waals surface area contributed by atoms with Gasteiger partial charge in [0.05, 0.1) is 5.56 Å². The molecule has 0 radical (unpaired) electrons. The highest BCUT2D eigenvalue weighted by Crippen LogP contribution is 2.32. The van der Waals surface area contributed by atoms with E-state index in [2.05, 4.69) is 4.98 Å². The number of aromatic carboxylic acids is 1. The van der Waals surface area contributed by atoms with Crippen LogP contribution >= 0.6 is 0 Å². The highest BCUT2D eigenvalue weighted by Gasteiger charge is 2.33. The smallest absolute Gasteiger partial charge is 0.337 e. The summed E-state index contributed by atoms with van der Waals surface area (Å²) in [4.78, 5) is 28.8. The van der Waals surface area contributed by atoms with Gasteiger partial charge in [0.15, 0.2) is 0 Å². The average molecular weight is 272 g/mol. The van der Waals surface area contributed by atoms with Crippen LogP contribution in [0.3, 0.4) is 0 Å². The van der Waals surface area contributed by atoms with Crippen LogP contribution in [0.25, 0.3) is 5.57 Å². The molecule has 1 saturated carbocycles. The Kier molecular flexibility index (Phi) is 3.26. The molecule has 0 saturated heterocycles. The van der Waals surface area contributed by atoms with Crippen LogP contribution in [-0.2, 0) is 4.79 Å². The Labute approximate surface area is 116 Å². The van der Waals surface area contributed by atoms with Gasteiger partial charge in [-0.1, -0.05) is 6.08 Å². The van der Waals surface area contributed by atoms with Crippen LogP contribution in [0.15, 0.2) is 24.5 Å². The first kappa shape index (κ1) is 12.8. The van der Waals surface area contributed by atoms with Crippen molar-refractivity contribution < 1.29 is 14.7 Å². The highest BCUT2D eigenvalue weighted by atomic mass is 16.4. The summed E-state index contributed by atoms with van der Waals surface area (Å²) in [7, 11) is 0. The molecular weight excluding hydrogens is 256 g/mol. The van der Waals surface area contributed by atoms with E-state index in [1.54, 1.807) is 12.3 Å². The largest absolute Gasteiger partial charge is 0.478 e. The van der Waals surface area contributed by atoms with Crippen molar-refractivity contribution in [1.29, 1.82) is 0 Å². The van der Waals surface area contributed by atoms with E-state index in [9.17, 15) is 9.59 Å². The van der Waals surface area contributed by atoms with Gasteiger partial charge in [-0.2, -0.15) is 0 Å². The van der Waals surface area contributed by atoms with E-state index in [1.807, 2.05) is 11.0 Å². The molecule has 20 heavy (non-hydrogen) atoms. The third-order valence-corrected chi connectivity index (χ3v) is 3.80. The summed E-state index contributed by atoms with van der Waals surface area (Å²) in [5.41, 5.74) is 2.10. The van der Waals surface area contributed by atoms with Gasteiger partial charge in [0.1, 0.15) is 0 Å². The molecule has 1 fully saturated rings. The average Bonchev–Trinajstić information content (AvgIpc) is 3.31. The molecule has 0 bridgehead atoms. The molecule has 0 unspecified atom stereocenters. The number of carbonyl (C=O) groups excluding carboxylic acids is 1. The summed E-state index contributed by atoms with van der Waals surface area (Å²) in [6.45, 7) is 1.32. The number of aromatic nitrogens is 1. The first-order valence-electron chi connectivity index (χ1n) is 6.81. The number of carbonyl (C=O) groups is 2. The topological polar surface area (TPSA) is 70.5 Å². The first-order valence-corrected chi connectivity index (χ1v) is 6.81. The van der Waals surface area contributed by atoms with E-state index in [1.165, 1.54) is 6.20 Å². The zero-order valence-corrected chi connectivity index (χ0v) is 11.1. The van der Waals surface area contributed by atoms with E-state index in [0.717, 1.165) is 30.4 Å². The Bertz CT molecular complexity index is 591. The van der Waals surface area contributed by atoms with E-state index >= 15 is 0 Å². The zero-order valence-electron chi connectivity index (χ0n) is 11.1. The Balaban J connectivity index is 1.74. The van der Waals surface area contributed by atoms with Crippen molar-refractivity contribution in [2.24, 2.45) is 5.92 Å². The van der Waals surface area contributed by atoms with Crippen molar-refractivity contribution >= 4 is 17.4 Å². The number of hydrogen-bond acceptors (Lipinski definition) is 3. The minimum atomic E-state index is -0.971. The summed E-state index contributed by atoms with van der Waals surface area (Å²) in [6, 6.07) is 1.64. The molecule has 3 rings (SSSR count). The van der Waals surface area contributed by atoms with Crippen LogP contribution in [0.5, 0.6) is 0 Å². The van der Waals surface area contributed by atoms with Crippen molar-refractivity contribution in [3.8, 4) is 0 Å². The maximum Gasteiger partial charge on any atom is 0.337 e. The molecule has 1 aromatic heterocycles. The summed E-state index contributed by atoms with van der Waals surface area (Å²) in [6.07, 6.45) is 7.83. The summed E-state index contributed by atoms with van der Waals surface area (Å²) in [5, 5.41) is 8.98. The quantitative estimate of drug-likeness (QED) is 0.911. The van der Waals surface area contributed by atoms with Gasteiger partial charge in [0.25, 0.3) is 0 Å². The highest BCUT2D eigenvalue weighted by molar-refractivity contribution is 5.88. The molecule has 2 heterocycles. The number of rotatable bonds is 3. The molecule has 1 N–H and O–H groups in total. The van der Waals surface area contributed by atoms with Crippen molar-refractivity contribution in [1.82, 2.24) is 9.88 Å². The van der Waals surface area contributed by atoms with Gasteiger partial charge in [-0.25, -0.2) is 4.79 Å². The number of nitrogens with zero attached hydrogens (tertiary/aromatic N) is 2. The fourth-order valence-corrected chi connectivity index (χ4v) is 2.45. The van der Waals surface area contributed by atoms with Crippen LogP contribution in [0.2, 0.25) is 0 Å². The van der Waals surface area contributed by atoms with E-state index in [4.69, 9.17) is 5.11 Å². The number of amides is 1. The van der Waals surface area contributed by atoms with Gasteiger partial charge in [0.2, 0.25) is 5.91 Å². The molecule has 0 spiro atoms. The zero-order chi connectivity index (χ0) is 14.1. The third-order valence-electron chi connectivity index (χ3n) is 3.80. The number of pyridine rings is 1. The molecular formula is C15H16N2O3. The fourth-order valence-electron chi connectivity index (χ4n) is 2.45. The maximum absolute atomic E-state index is 12.0. The molecule has 1 aliphatic carbocycles. The number of carboxylic acids is 1. The van der Waals surface area contributed by atoms with Gasteiger partial charge in [0, 0.05) is 31.4 Å². The molecule has 1 aliphatic heterocycles. The van der Waals surface area contributed by atoms with Crippen LogP contribution < -0.4 is 0 Å². The van der Waals surface area contributed by atoms with Gasteiger partial charge in [-0.15, -0.1) is 0 Å². The second kappa shape index (κ2) is 5.07. The number of hydrogen-bond donors (Lipinski definition) is 1. The van der Waals surface area contributed by atoms with Crippen LogP contribution in [0, 0.1) is 5.92 Å². The SMILES string of the molecule is O=C(O)c1cncc(C2=CCN(C(=O)C3CC3)CC2)c1. The molecule has 5 heteroatoms. The third kappa shape index (κ3) is 2.57. The van der Waals surface area contributed by atoms with Gasteiger partial charge < -0.3 is 10.0 Å². The summed E-state index contributed by atoms with van der Waals surface area (Å²) in [5.74, 6) is -0.457. The molecule has 0 atom stereocenters. The Morgan fingerprint density at radius 3 is 2.70 bits per heavy atom. The Morgan fingerprint density at radius 2 is 2.10 bits per heavy atom.